The second-order valence-corrected chi connectivity index (χ2v) is 10.1. The van der Waals surface area contributed by atoms with E-state index in [1.165, 1.54) is 0 Å². The van der Waals surface area contributed by atoms with Crippen LogP contribution in [0.3, 0.4) is 0 Å². The number of likely N-dealkylation sites (N-methyl/N-ethyl adjacent to an activating group) is 1. The third kappa shape index (κ3) is 6.18. The Morgan fingerprint density at radius 2 is 1.73 bits per heavy atom. The molecule has 2 aromatic carbocycles. The van der Waals surface area contributed by atoms with Gasteiger partial charge in [0.2, 0.25) is 0 Å². The normalized spacial score (nSPS) is 14.2. The summed E-state index contributed by atoms with van der Waals surface area (Å²) in [6, 6.07) is 15.0. The van der Waals surface area contributed by atoms with Gasteiger partial charge < -0.3 is 25.8 Å². The number of carbonyl (C=O) groups excluding carboxylic acids is 3. The zero-order valence-corrected chi connectivity index (χ0v) is 24.0. The predicted molar refractivity (Wildman–Crippen MR) is 160 cm³/mol. The van der Waals surface area contributed by atoms with Gasteiger partial charge in [0.25, 0.3) is 17.7 Å². The molecule has 0 saturated carbocycles. The molecule has 1 atom stereocenters. The minimum Gasteiger partial charge on any atom is -0.358 e. The highest BCUT2D eigenvalue weighted by atomic mass is 16.2. The second-order valence-electron chi connectivity index (χ2n) is 10.1. The lowest BCUT2D eigenvalue weighted by Crippen LogP contribution is -2.35. The van der Waals surface area contributed by atoms with Gasteiger partial charge in [0.15, 0.2) is 0 Å². The Kier molecular flexibility index (Phi) is 9.22. The van der Waals surface area contributed by atoms with Crippen molar-refractivity contribution in [3.63, 3.8) is 0 Å². The monoisotopic (exact) mass is 541 g/mol. The maximum Gasteiger partial charge on any atom is 0.256 e. The summed E-state index contributed by atoms with van der Waals surface area (Å²) in [5.41, 5.74) is 6.06. The van der Waals surface area contributed by atoms with Crippen LogP contribution in [0.25, 0.3) is 11.6 Å². The molecule has 1 aromatic heterocycles. The molecule has 8 heteroatoms. The summed E-state index contributed by atoms with van der Waals surface area (Å²) in [5, 5.41) is 9.02. The van der Waals surface area contributed by atoms with Crippen LogP contribution in [0.15, 0.2) is 48.5 Å². The fraction of sp³-hybridized carbons (Fsp3) is 0.344. The lowest BCUT2D eigenvalue weighted by Gasteiger charge is -2.18. The molecule has 4 rings (SSSR count). The first-order valence-electron chi connectivity index (χ1n) is 14.0. The van der Waals surface area contributed by atoms with Gasteiger partial charge in [-0.3, -0.25) is 14.4 Å². The fourth-order valence-corrected chi connectivity index (χ4v) is 5.18. The minimum absolute atomic E-state index is 0.113. The lowest BCUT2D eigenvalue weighted by molar-refractivity contribution is -0.110. The first kappa shape index (κ1) is 28.8. The number of anilines is 1. The standard InChI is InChI=1S/C32H39N5O3/c1-6-26(22-12-10-9-11-13-22)35-30(38)23-14-15-27-24(18-23)25(31(39)36-27)19-28-20(4)29(21(5)34-28)32(40)33-16-17-37(7-2)8-3/h9-15,18-19,26,34H,6-8,16-17H2,1-5H3,(H,33,40)(H,35,38)(H,36,39)/t26-/m1/s1. The van der Waals surface area contributed by atoms with Gasteiger partial charge in [-0.25, -0.2) is 0 Å². The summed E-state index contributed by atoms with van der Waals surface area (Å²) in [5.74, 6) is -0.588. The number of hydrogen-bond acceptors (Lipinski definition) is 4. The van der Waals surface area contributed by atoms with Crippen molar-refractivity contribution < 1.29 is 14.4 Å². The van der Waals surface area contributed by atoms with Crippen LogP contribution in [0.1, 0.15) is 82.0 Å². The van der Waals surface area contributed by atoms with Crippen molar-refractivity contribution in [1.82, 2.24) is 20.5 Å². The number of aromatic amines is 1. The number of aromatic nitrogens is 1. The van der Waals surface area contributed by atoms with Crippen molar-refractivity contribution in [2.24, 2.45) is 0 Å². The smallest absolute Gasteiger partial charge is 0.256 e. The van der Waals surface area contributed by atoms with Crippen molar-refractivity contribution in [1.29, 1.82) is 0 Å². The SMILES string of the molecule is CC[C@@H](NC(=O)c1ccc2c(c1)C(=Cc1[nH]c(C)c(C(=O)NCCN(CC)CC)c1C)C(=O)N2)c1ccccc1. The van der Waals surface area contributed by atoms with E-state index in [0.717, 1.165) is 42.9 Å². The third-order valence-electron chi connectivity index (χ3n) is 7.58. The Morgan fingerprint density at radius 3 is 2.40 bits per heavy atom. The molecule has 0 radical (unpaired) electrons. The molecule has 0 fully saturated rings. The van der Waals surface area contributed by atoms with Crippen molar-refractivity contribution >= 4 is 35.1 Å². The highest BCUT2D eigenvalue weighted by Gasteiger charge is 2.27. The van der Waals surface area contributed by atoms with Crippen molar-refractivity contribution in [2.45, 2.75) is 47.1 Å². The molecule has 0 spiro atoms. The molecule has 3 amide bonds. The molecular formula is C32H39N5O3. The molecule has 0 unspecified atom stereocenters. The molecule has 2 heterocycles. The number of hydrogen-bond donors (Lipinski definition) is 4. The van der Waals surface area contributed by atoms with Crippen molar-refractivity contribution in [3.8, 4) is 0 Å². The molecular weight excluding hydrogens is 502 g/mol. The molecule has 210 valence electrons. The van der Waals surface area contributed by atoms with E-state index in [4.69, 9.17) is 0 Å². The van der Waals surface area contributed by atoms with Gasteiger partial charge in [0.1, 0.15) is 0 Å². The van der Waals surface area contributed by atoms with Crippen LogP contribution in [0.2, 0.25) is 0 Å². The van der Waals surface area contributed by atoms with Gasteiger partial charge in [-0.15, -0.1) is 0 Å². The van der Waals surface area contributed by atoms with Crippen molar-refractivity contribution in [3.05, 3.63) is 87.7 Å². The summed E-state index contributed by atoms with van der Waals surface area (Å²) < 4.78 is 0. The highest BCUT2D eigenvalue weighted by molar-refractivity contribution is 6.35. The number of carbonyl (C=O) groups is 3. The first-order chi connectivity index (χ1) is 19.3. The number of H-pyrrole nitrogens is 1. The Hall–Kier alpha value is -4.17. The molecule has 1 aliphatic rings. The molecule has 0 aliphatic carbocycles. The van der Waals surface area contributed by atoms with Gasteiger partial charge in [0, 0.05) is 41.3 Å². The molecule has 40 heavy (non-hydrogen) atoms. The molecule has 0 bridgehead atoms. The number of nitrogens with zero attached hydrogens (tertiary/aromatic N) is 1. The third-order valence-corrected chi connectivity index (χ3v) is 7.58. The number of amides is 3. The number of aryl methyl sites for hydroxylation is 1. The van der Waals surface area contributed by atoms with Gasteiger partial charge in [-0.2, -0.15) is 0 Å². The number of fused-ring (bicyclic) bond motifs is 1. The summed E-state index contributed by atoms with van der Waals surface area (Å²) >= 11 is 0. The predicted octanol–water partition coefficient (Wildman–Crippen LogP) is 5.08. The Labute approximate surface area is 236 Å². The molecule has 1 aliphatic heterocycles. The summed E-state index contributed by atoms with van der Waals surface area (Å²) in [4.78, 5) is 44.7. The van der Waals surface area contributed by atoms with Crippen LogP contribution in [0.4, 0.5) is 5.69 Å². The van der Waals surface area contributed by atoms with E-state index >= 15 is 0 Å². The van der Waals surface area contributed by atoms with Crippen LogP contribution >= 0.6 is 0 Å². The van der Waals surface area contributed by atoms with Crippen LogP contribution < -0.4 is 16.0 Å². The maximum atomic E-state index is 13.2. The molecule has 4 N–H and O–H groups in total. The average molecular weight is 542 g/mol. The average Bonchev–Trinajstić information content (AvgIpc) is 3.43. The lowest BCUT2D eigenvalue weighted by atomic mass is 10.0. The molecule has 0 saturated heterocycles. The largest absolute Gasteiger partial charge is 0.358 e. The summed E-state index contributed by atoms with van der Waals surface area (Å²) in [7, 11) is 0. The van der Waals surface area contributed by atoms with E-state index < -0.39 is 0 Å². The number of nitrogens with one attached hydrogen (secondary N) is 4. The van der Waals surface area contributed by atoms with E-state index in [1.54, 1.807) is 24.3 Å². The van der Waals surface area contributed by atoms with Gasteiger partial charge in [0.05, 0.1) is 17.2 Å². The summed E-state index contributed by atoms with van der Waals surface area (Å²) in [6.07, 6.45) is 2.51. The Bertz CT molecular complexity index is 1420. The quantitative estimate of drug-likeness (QED) is 0.254. The van der Waals surface area contributed by atoms with Crippen molar-refractivity contribution in [2.75, 3.05) is 31.5 Å². The minimum atomic E-state index is -0.250. The van der Waals surface area contributed by atoms with E-state index in [9.17, 15) is 14.4 Å². The fourth-order valence-electron chi connectivity index (χ4n) is 5.18. The zero-order valence-electron chi connectivity index (χ0n) is 24.0. The zero-order chi connectivity index (χ0) is 28.8. The highest BCUT2D eigenvalue weighted by Crippen LogP contribution is 2.35. The van der Waals surface area contributed by atoms with Crippen LogP contribution in [0.5, 0.6) is 0 Å². The summed E-state index contributed by atoms with van der Waals surface area (Å²) in [6.45, 7) is 13.2. The Morgan fingerprint density at radius 1 is 1.00 bits per heavy atom. The maximum absolute atomic E-state index is 13.2. The van der Waals surface area contributed by atoms with Crippen LogP contribution in [-0.4, -0.2) is 53.8 Å². The van der Waals surface area contributed by atoms with Crippen LogP contribution in [0, 0.1) is 13.8 Å². The number of benzene rings is 2. The topological polar surface area (TPSA) is 106 Å². The second kappa shape index (κ2) is 12.8. The Balaban J connectivity index is 1.56. The van der Waals surface area contributed by atoms with E-state index in [0.29, 0.717) is 40.2 Å². The van der Waals surface area contributed by atoms with E-state index in [1.807, 2.05) is 51.1 Å². The first-order valence-corrected chi connectivity index (χ1v) is 14.0. The van der Waals surface area contributed by atoms with Gasteiger partial charge in [-0.05, 0) is 68.8 Å². The van der Waals surface area contributed by atoms with E-state index in [-0.39, 0.29) is 23.8 Å². The number of rotatable bonds is 11. The van der Waals surface area contributed by atoms with Gasteiger partial charge in [-0.1, -0.05) is 51.1 Å². The van der Waals surface area contributed by atoms with Gasteiger partial charge >= 0.3 is 0 Å². The molecule has 8 nitrogen and oxygen atoms in total. The molecule has 3 aromatic rings. The van der Waals surface area contributed by atoms with E-state index in [2.05, 4.69) is 39.7 Å². The van der Waals surface area contributed by atoms with Crippen LogP contribution in [-0.2, 0) is 4.79 Å².